The Kier molecular flexibility index (Phi) is 5.47. The topological polar surface area (TPSA) is 12.0 Å². The first-order chi connectivity index (χ1) is 9.45. The average Bonchev–Trinajstić information content (AvgIpc) is 2.40. The molecule has 20 heavy (non-hydrogen) atoms. The van der Waals surface area contributed by atoms with Crippen LogP contribution in [0.15, 0.2) is 24.3 Å². The van der Waals surface area contributed by atoms with Crippen molar-refractivity contribution in [2.45, 2.75) is 6.54 Å². The lowest BCUT2D eigenvalue weighted by molar-refractivity contribution is 0.818. The third-order valence-corrected chi connectivity index (χ3v) is 4.74. The van der Waals surface area contributed by atoms with E-state index in [1.165, 1.54) is 0 Å². The molecule has 0 saturated carbocycles. The Hall–Kier alpha value is -0.150. The van der Waals surface area contributed by atoms with Crippen LogP contribution < -0.4 is 5.32 Å². The van der Waals surface area contributed by atoms with E-state index in [2.05, 4.69) is 5.32 Å². The molecule has 0 saturated heterocycles. The number of nitrogens with one attached hydrogen (secondary N) is 1. The zero-order chi connectivity index (χ0) is 14.9. The highest BCUT2D eigenvalue weighted by atomic mass is 35.5. The first-order valence-electron chi connectivity index (χ1n) is 5.72. The van der Waals surface area contributed by atoms with Crippen molar-refractivity contribution in [1.82, 2.24) is 5.32 Å². The minimum Gasteiger partial charge on any atom is -0.316 e. The van der Waals surface area contributed by atoms with Crippen LogP contribution in [0.5, 0.6) is 0 Å². The maximum atomic E-state index is 6.26. The molecule has 0 fully saturated rings. The van der Waals surface area contributed by atoms with Crippen molar-refractivity contribution in [2.24, 2.45) is 0 Å². The van der Waals surface area contributed by atoms with Gasteiger partial charge in [-0.3, -0.25) is 0 Å². The minimum absolute atomic E-state index is 0.290. The molecule has 0 heterocycles. The number of hydrogen-bond donors (Lipinski definition) is 1. The molecule has 2 aromatic carbocycles. The third-order valence-electron chi connectivity index (χ3n) is 2.82. The number of hydrogen-bond acceptors (Lipinski definition) is 1. The number of halogens is 5. The summed E-state index contributed by atoms with van der Waals surface area (Å²) in [7, 11) is 1.85. The van der Waals surface area contributed by atoms with Gasteiger partial charge < -0.3 is 5.32 Å². The van der Waals surface area contributed by atoms with E-state index < -0.39 is 0 Å². The van der Waals surface area contributed by atoms with E-state index >= 15 is 0 Å². The second-order valence-electron chi connectivity index (χ2n) is 4.18. The Morgan fingerprint density at radius 3 is 2.20 bits per heavy atom. The summed E-state index contributed by atoms with van der Waals surface area (Å²) < 4.78 is 0. The summed E-state index contributed by atoms with van der Waals surface area (Å²) in [4.78, 5) is 0. The van der Waals surface area contributed by atoms with Crippen LogP contribution in [0.25, 0.3) is 11.1 Å². The molecule has 106 valence electrons. The molecule has 2 aromatic rings. The summed E-state index contributed by atoms with van der Waals surface area (Å²) in [6.07, 6.45) is 0. The molecule has 0 spiro atoms. The van der Waals surface area contributed by atoms with Gasteiger partial charge in [0.1, 0.15) is 0 Å². The van der Waals surface area contributed by atoms with Crippen molar-refractivity contribution in [1.29, 1.82) is 0 Å². The fraction of sp³-hybridized carbons (Fsp3) is 0.143. The summed E-state index contributed by atoms with van der Waals surface area (Å²) in [6.45, 7) is 0.642. The summed E-state index contributed by atoms with van der Waals surface area (Å²) in [5.74, 6) is 0. The van der Waals surface area contributed by atoms with Gasteiger partial charge in [0.15, 0.2) is 0 Å². The molecule has 1 nitrogen and oxygen atoms in total. The summed E-state index contributed by atoms with van der Waals surface area (Å²) in [5.41, 5.74) is 2.44. The smallest absolute Gasteiger partial charge is 0.0785 e. The van der Waals surface area contributed by atoms with E-state index in [1.54, 1.807) is 12.1 Å². The van der Waals surface area contributed by atoms with Gasteiger partial charge >= 0.3 is 0 Å². The Bertz CT molecular complexity index is 654. The molecular weight excluding hydrogens is 359 g/mol. The molecule has 0 amide bonds. The molecule has 0 aromatic heterocycles. The van der Waals surface area contributed by atoms with Crippen molar-refractivity contribution in [2.75, 3.05) is 7.05 Å². The summed E-state index contributed by atoms with van der Waals surface area (Å²) >= 11 is 30.7. The zero-order valence-corrected chi connectivity index (χ0v) is 14.2. The normalized spacial score (nSPS) is 10.9. The lowest BCUT2D eigenvalue weighted by Crippen LogP contribution is -2.05. The predicted octanol–water partition coefficient (Wildman–Crippen LogP) is 6.34. The van der Waals surface area contributed by atoms with Crippen LogP contribution in [0.2, 0.25) is 25.1 Å². The van der Waals surface area contributed by atoms with Gasteiger partial charge in [0, 0.05) is 17.1 Å². The van der Waals surface area contributed by atoms with Gasteiger partial charge in [-0.15, -0.1) is 0 Å². The molecule has 0 bridgehead atoms. The fourth-order valence-corrected chi connectivity index (χ4v) is 3.20. The van der Waals surface area contributed by atoms with Crippen LogP contribution in [-0.2, 0) is 6.54 Å². The van der Waals surface area contributed by atoms with Crippen LogP contribution in [-0.4, -0.2) is 7.05 Å². The monoisotopic (exact) mass is 367 g/mol. The van der Waals surface area contributed by atoms with E-state index in [9.17, 15) is 0 Å². The van der Waals surface area contributed by atoms with Gasteiger partial charge in [0.05, 0.1) is 20.1 Å². The Morgan fingerprint density at radius 2 is 1.55 bits per heavy atom. The van der Waals surface area contributed by atoms with Gasteiger partial charge in [-0.25, -0.2) is 0 Å². The molecule has 0 atom stereocenters. The quantitative estimate of drug-likeness (QED) is 0.492. The second kappa shape index (κ2) is 6.74. The van der Waals surface area contributed by atoms with Gasteiger partial charge in [-0.1, -0.05) is 64.1 Å². The fourth-order valence-electron chi connectivity index (χ4n) is 1.89. The first kappa shape index (κ1) is 16.2. The van der Waals surface area contributed by atoms with Crippen LogP contribution in [0, 0.1) is 0 Å². The molecule has 0 radical (unpaired) electrons. The first-order valence-corrected chi connectivity index (χ1v) is 7.61. The molecule has 0 aliphatic rings. The lowest BCUT2D eigenvalue weighted by atomic mass is 10.0. The molecule has 0 aliphatic heterocycles. The van der Waals surface area contributed by atoms with Crippen LogP contribution in [0.4, 0.5) is 0 Å². The van der Waals surface area contributed by atoms with Crippen molar-refractivity contribution in [3.05, 3.63) is 54.9 Å². The third kappa shape index (κ3) is 3.19. The summed E-state index contributed by atoms with van der Waals surface area (Å²) in [6, 6.07) is 7.16. The van der Waals surface area contributed by atoms with E-state index in [-0.39, 0.29) is 5.02 Å². The number of rotatable bonds is 3. The Balaban J connectivity index is 2.63. The Morgan fingerprint density at radius 1 is 0.850 bits per heavy atom. The van der Waals surface area contributed by atoms with Crippen molar-refractivity contribution < 1.29 is 0 Å². The maximum Gasteiger partial charge on any atom is 0.0785 e. The van der Waals surface area contributed by atoms with E-state index in [0.29, 0.717) is 32.2 Å². The van der Waals surface area contributed by atoms with Crippen LogP contribution >= 0.6 is 58.0 Å². The van der Waals surface area contributed by atoms with E-state index in [1.807, 2.05) is 19.2 Å². The highest BCUT2D eigenvalue weighted by Crippen LogP contribution is 2.43. The minimum atomic E-state index is 0.290. The molecule has 0 aliphatic carbocycles. The number of benzene rings is 2. The predicted molar refractivity (Wildman–Crippen MR) is 89.7 cm³/mol. The van der Waals surface area contributed by atoms with Gasteiger partial charge in [0.25, 0.3) is 0 Å². The van der Waals surface area contributed by atoms with Crippen molar-refractivity contribution in [3.8, 4) is 11.1 Å². The maximum absolute atomic E-state index is 6.26. The molecular formula is C14H10Cl5N. The van der Waals surface area contributed by atoms with Gasteiger partial charge in [0.2, 0.25) is 0 Å². The molecule has 1 N–H and O–H groups in total. The van der Waals surface area contributed by atoms with E-state index in [4.69, 9.17) is 58.0 Å². The van der Waals surface area contributed by atoms with E-state index in [0.717, 1.165) is 11.1 Å². The summed E-state index contributed by atoms with van der Waals surface area (Å²) in [5, 5.41) is 5.13. The van der Waals surface area contributed by atoms with Crippen LogP contribution in [0.1, 0.15) is 5.56 Å². The standard InChI is InChI=1S/C14H10Cl5N/c1-20-6-8-4-7(2-3-9(8)15)12-10(16)5-11(17)13(18)14(12)19/h2-5,20H,6H2,1H3. The zero-order valence-electron chi connectivity index (χ0n) is 10.4. The highest BCUT2D eigenvalue weighted by molar-refractivity contribution is 6.51. The van der Waals surface area contributed by atoms with Crippen molar-refractivity contribution in [3.63, 3.8) is 0 Å². The van der Waals surface area contributed by atoms with Gasteiger partial charge in [-0.05, 0) is 36.4 Å². The lowest BCUT2D eigenvalue weighted by Gasteiger charge is -2.12. The molecule has 2 rings (SSSR count). The second-order valence-corrected chi connectivity index (χ2v) is 6.16. The Labute approximate surface area is 142 Å². The van der Waals surface area contributed by atoms with Crippen LogP contribution in [0.3, 0.4) is 0 Å². The largest absolute Gasteiger partial charge is 0.316 e. The molecule has 0 unspecified atom stereocenters. The molecule has 6 heteroatoms. The van der Waals surface area contributed by atoms with Crippen molar-refractivity contribution >= 4 is 58.0 Å². The SMILES string of the molecule is CNCc1cc(-c2c(Cl)cc(Cl)c(Cl)c2Cl)ccc1Cl. The highest BCUT2D eigenvalue weighted by Gasteiger charge is 2.16. The average molecular weight is 370 g/mol. The van der Waals surface area contributed by atoms with Gasteiger partial charge in [-0.2, -0.15) is 0 Å².